The van der Waals surface area contributed by atoms with Crippen molar-refractivity contribution in [3.05, 3.63) is 29.3 Å². The molecule has 138 valence electrons. The Bertz CT molecular complexity index is 623. The summed E-state index contributed by atoms with van der Waals surface area (Å²) >= 11 is 0. The Hall–Kier alpha value is -2.07. The smallest absolute Gasteiger partial charge is 0.425 e. The number of unbranched alkanes of at least 4 members (excludes halogenated alkanes) is 1. The van der Waals surface area contributed by atoms with E-state index in [0.29, 0.717) is 6.42 Å². The van der Waals surface area contributed by atoms with E-state index in [2.05, 4.69) is 0 Å². The molecule has 1 aromatic rings. The molecule has 0 aliphatic rings. The maximum atomic E-state index is 12.6. The number of carbonyl (C=O) groups excluding carboxylic acids is 1. The van der Waals surface area contributed by atoms with Crippen LogP contribution in [0.15, 0.2) is 18.2 Å². The van der Waals surface area contributed by atoms with Gasteiger partial charge in [0, 0.05) is 18.6 Å². The van der Waals surface area contributed by atoms with Crippen molar-refractivity contribution in [1.82, 2.24) is 0 Å². The van der Waals surface area contributed by atoms with Gasteiger partial charge < -0.3 is 9.84 Å². The van der Waals surface area contributed by atoms with E-state index in [1.807, 2.05) is 6.92 Å². The Morgan fingerprint density at radius 1 is 1.32 bits per heavy atom. The van der Waals surface area contributed by atoms with Crippen molar-refractivity contribution in [1.29, 1.82) is 5.26 Å². The van der Waals surface area contributed by atoms with Crippen LogP contribution in [0.4, 0.5) is 13.2 Å². The number of rotatable bonds is 9. The zero-order valence-electron chi connectivity index (χ0n) is 14.3. The molecule has 0 aliphatic heterocycles. The summed E-state index contributed by atoms with van der Waals surface area (Å²) < 4.78 is 42.5. The van der Waals surface area contributed by atoms with Crippen LogP contribution in [0.1, 0.15) is 55.5 Å². The second-order valence-corrected chi connectivity index (χ2v) is 6.08. The van der Waals surface area contributed by atoms with Crippen molar-refractivity contribution in [3.63, 3.8) is 0 Å². The monoisotopic (exact) mass is 357 g/mol. The molecule has 0 spiro atoms. The van der Waals surface area contributed by atoms with Crippen LogP contribution in [0.5, 0.6) is 5.75 Å². The minimum atomic E-state index is -4.54. The number of nitrogens with zero attached hydrogens (tertiary/aromatic N) is 1. The molecule has 4 nitrogen and oxygen atoms in total. The predicted octanol–water partition coefficient (Wildman–Crippen LogP) is 4.26. The highest BCUT2D eigenvalue weighted by Gasteiger charge is 2.38. The van der Waals surface area contributed by atoms with Gasteiger partial charge in [-0.15, -0.1) is 0 Å². The van der Waals surface area contributed by atoms with Gasteiger partial charge in [0.1, 0.15) is 11.8 Å². The Kier molecular flexibility index (Phi) is 7.91. The summed E-state index contributed by atoms with van der Waals surface area (Å²) in [4.78, 5) is 12.3. The molecule has 1 rings (SSSR count). The number of benzene rings is 1. The fourth-order valence-corrected chi connectivity index (χ4v) is 2.29. The number of hydrogen-bond acceptors (Lipinski definition) is 4. The molecule has 0 aromatic heterocycles. The predicted molar refractivity (Wildman–Crippen MR) is 86.4 cm³/mol. The van der Waals surface area contributed by atoms with E-state index < -0.39 is 12.3 Å². The molecule has 0 bridgehead atoms. The van der Waals surface area contributed by atoms with Crippen molar-refractivity contribution < 1.29 is 27.8 Å². The van der Waals surface area contributed by atoms with Gasteiger partial charge in [-0.1, -0.05) is 19.8 Å². The number of nitriles is 1. The first-order chi connectivity index (χ1) is 11.7. The Balaban J connectivity index is 2.80. The Labute approximate surface area is 145 Å². The molecule has 1 unspecified atom stereocenters. The van der Waals surface area contributed by atoms with Crippen LogP contribution < -0.4 is 4.74 Å². The summed E-state index contributed by atoms with van der Waals surface area (Å²) in [6.45, 7) is 2.89. The molecule has 0 radical (unpaired) electrons. The number of ether oxygens (including phenoxy) is 1. The fourth-order valence-electron chi connectivity index (χ4n) is 2.29. The minimum absolute atomic E-state index is 0.102. The summed E-state index contributed by atoms with van der Waals surface area (Å²) in [5.74, 6) is -0.256. The van der Waals surface area contributed by atoms with E-state index in [4.69, 9.17) is 15.1 Å². The highest BCUT2D eigenvalue weighted by atomic mass is 19.4. The molecule has 0 saturated heterocycles. The third kappa shape index (κ3) is 6.75. The number of hydrogen-bond donors (Lipinski definition) is 1. The van der Waals surface area contributed by atoms with Crippen LogP contribution in [0.25, 0.3) is 0 Å². The largest absolute Gasteiger partial charge is 0.480 e. The third-order valence-electron chi connectivity index (χ3n) is 3.83. The van der Waals surface area contributed by atoms with Crippen molar-refractivity contribution in [2.24, 2.45) is 5.92 Å². The van der Waals surface area contributed by atoms with E-state index in [1.165, 1.54) is 18.2 Å². The van der Waals surface area contributed by atoms with E-state index in [1.54, 1.807) is 6.07 Å². The first-order valence-corrected chi connectivity index (χ1v) is 8.10. The molecule has 0 aliphatic carbocycles. The van der Waals surface area contributed by atoms with Crippen molar-refractivity contribution >= 4 is 5.78 Å². The zero-order chi connectivity index (χ0) is 19.0. The van der Waals surface area contributed by atoms with E-state index >= 15 is 0 Å². The summed E-state index contributed by atoms with van der Waals surface area (Å²) in [5, 5.41) is 17.9. The summed E-state index contributed by atoms with van der Waals surface area (Å²) in [6, 6.07) is 5.64. The number of carbonyl (C=O) groups is 1. The number of halogens is 3. The second kappa shape index (κ2) is 9.42. The molecule has 1 aromatic carbocycles. The highest BCUT2D eigenvalue weighted by molar-refractivity contribution is 5.96. The van der Waals surface area contributed by atoms with Crippen LogP contribution in [0, 0.1) is 17.2 Å². The van der Waals surface area contributed by atoms with E-state index in [9.17, 15) is 18.0 Å². The molecule has 0 saturated carbocycles. The SMILES string of the molecule is CC(Oc1ccc(C(=O)C[C@@H](C)CCCCO)cc1C#N)C(F)(F)F. The van der Waals surface area contributed by atoms with Crippen LogP contribution in [-0.4, -0.2) is 29.8 Å². The van der Waals surface area contributed by atoms with Gasteiger partial charge >= 0.3 is 6.18 Å². The van der Waals surface area contributed by atoms with Gasteiger partial charge in [-0.3, -0.25) is 4.79 Å². The molecule has 0 amide bonds. The first kappa shape index (κ1) is 21.0. The summed E-state index contributed by atoms with van der Waals surface area (Å²) in [7, 11) is 0. The quantitative estimate of drug-likeness (QED) is 0.529. The van der Waals surface area contributed by atoms with Gasteiger partial charge in [0.2, 0.25) is 0 Å². The third-order valence-corrected chi connectivity index (χ3v) is 3.83. The van der Waals surface area contributed by atoms with Crippen molar-refractivity contribution in [3.8, 4) is 11.8 Å². The molecule has 0 fully saturated rings. The van der Waals surface area contributed by atoms with Gasteiger partial charge in [0.25, 0.3) is 0 Å². The summed E-state index contributed by atoms with van der Waals surface area (Å²) in [6.07, 6.45) is -4.02. The number of Topliss-reactive ketones (excluding diaryl/α,β-unsaturated/α-hetero) is 1. The maximum absolute atomic E-state index is 12.6. The number of aliphatic hydroxyl groups is 1. The molecule has 2 atom stereocenters. The van der Waals surface area contributed by atoms with Gasteiger partial charge in [0.15, 0.2) is 11.9 Å². The highest BCUT2D eigenvalue weighted by Crippen LogP contribution is 2.28. The first-order valence-electron chi connectivity index (χ1n) is 8.10. The van der Waals surface area contributed by atoms with Crippen LogP contribution in [0.2, 0.25) is 0 Å². The standard InChI is InChI=1S/C18H22F3NO3/c1-12(5-3-4-8-23)9-16(24)14-6-7-17(15(10-14)11-22)25-13(2)18(19,20)21/h6-7,10,12-13,23H,3-5,8-9H2,1-2H3/t12-,13?/m0/s1. The van der Waals surface area contributed by atoms with Crippen molar-refractivity contribution in [2.75, 3.05) is 6.61 Å². The minimum Gasteiger partial charge on any atom is -0.480 e. The Morgan fingerprint density at radius 2 is 2.00 bits per heavy atom. The van der Waals surface area contributed by atoms with Crippen LogP contribution >= 0.6 is 0 Å². The van der Waals surface area contributed by atoms with E-state index in [0.717, 1.165) is 19.8 Å². The molecule has 1 N–H and O–H groups in total. The average Bonchev–Trinajstić information content (AvgIpc) is 2.54. The number of aliphatic hydroxyl groups excluding tert-OH is 1. The lowest BCUT2D eigenvalue weighted by Gasteiger charge is -2.18. The molecular weight excluding hydrogens is 335 g/mol. The lowest BCUT2D eigenvalue weighted by Crippen LogP contribution is -2.31. The van der Waals surface area contributed by atoms with Crippen LogP contribution in [-0.2, 0) is 0 Å². The molecule has 25 heavy (non-hydrogen) atoms. The molecular formula is C18H22F3NO3. The number of ketones is 1. The Morgan fingerprint density at radius 3 is 2.56 bits per heavy atom. The lowest BCUT2D eigenvalue weighted by atomic mass is 9.94. The normalized spacial score (nSPS) is 13.8. The average molecular weight is 357 g/mol. The van der Waals surface area contributed by atoms with Gasteiger partial charge in [-0.25, -0.2) is 0 Å². The van der Waals surface area contributed by atoms with Gasteiger partial charge in [0.05, 0.1) is 5.56 Å². The summed E-state index contributed by atoms with van der Waals surface area (Å²) in [5.41, 5.74) is 0.174. The molecule has 0 heterocycles. The van der Waals surface area contributed by atoms with E-state index in [-0.39, 0.29) is 41.6 Å². The second-order valence-electron chi connectivity index (χ2n) is 6.08. The topological polar surface area (TPSA) is 70.3 Å². The zero-order valence-corrected chi connectivity index (χ0v) is 14.3. The van der Waals surface area contributed by atoms with Crippen molar-refractivity contribution in [2.45, 2.75) is 51.8 Å². The maximum Gasteiger partial charge on any atom is 0.425 e. The van der Waals surface area contributed by atoms with Gasteiger partial charge in [-0.05, 0) is 37.5 Å². The van der Waals surface area contributed by atoms with Gasteiger partial charge in [-0.2, -0.15) is 18.4 Å². The fraction of sp³-hybridized carbons (Fsp3) is 0.556. The molecule has 7 heteroatoms. The van der Waals surface area contributed by atoms with Crippen LogP contribution in [0.3, 0.4) is 0 Å². The lowest BCUT2D eigenvalue weighted by molar-refractivity contribution is -0.189. The number of alkyl halides is 3.